The first-order valence-electron chi connectivity index (χ1n) is 4.04. The summed E-state index contributed by atoms with van der Waals surface area (Å²) in [5.74, 6) is 0. The minimum atomic E-state index is -0.0693. The molecule has 2 heteroatoms. The maximum Gasteiger partial charge on any atom is 0.0572 e. The highest BCUT2D eigenvalue weighted by atomic mass is 16.5. The summed E-state index contributed by atoms with van der Waals surface area (Å²) >= 11 is 0. The van der Waals surface area contributed by atoms with Crippen molar-refractivity contribution in [2.24, 2.45) is 0 Å². The zero-order chi connectivity index (χ0) is 7.40. The van der Waals surface area contributed by atoms with E-state index < -0.39 is 0 Å². The van der Waals surface area contributed by atoms with Crippen molar-refractivity contribution in [3.05, 3.63) is 0 Å². The van der Waals surface area contributed by atoms with Gasteiger partial charge in [-0.2, -0.15) is 0 Å². The smallest absolute Gasteiger partial charge is 0.0572 e. The largest absolute Gasteiger partial charge is 0.393 e. The van der Waals surface area contributed by atoms with E-state index in [1.54, 1.807) is 7.11 Å². The van der Waals surface area contributed by atoms with Crippen molar-refractivity contribution in [1.82, 2.24) is 0 Å². The van der Waals surface area contributed by atoms with Crippen LogP contribution in [-0.2, 0) is 4.74 Å². The third kappa shape index (κ3) is 2.27. The van der Waals surface area contributed by atoms with Crippen LogP contribution in [0.4, 0.5) is 0 Å². The highest BCUT2D eigenvalue weighted by Crippen LogP contribution is 2.19. The van der Waals surface area contributed by atoms with Crippen LogP contribution >= 0.6 is 0 Å². The first-order chi connectivity index (χ1) is 4.83. The van der Waals surface area contributed by atoms with Gasteiger partial charge in [-0.1, -0.05) is 0 Å². The Kier molecular flexibility index (Phi) is 3.16. The molecule has 2 atom stereocenters. The zero-order valence-electron chi connectivity index (χ0n) is 6.55. The molecule has 0 aliphatic heterocycles. The average Bonchev–Trinajstić information content (AvgIpc) is 2.14. The van der Waals surface area contributed by atoms with Gasteiger partial charge in [0.15, 0.2) is 0 Å². The van der Waals surface area contributed by atoms with Crippen LogP contribution in [0.5, 0.6) is 0 Å². The fourth-order valence-corrected chi connectivity index (χ4v) is 1.48. The van der Waals surface area contributed by atoms with Crippen molar-refractivity contribution in [1.29, 1.82) is 0 Å². The summed E-state index contributed by atoms with van der Waals surface area (Å²) in [6.45, 7) is 0. The maximum absolute atomic E-state index is 9.25. The summed E-state index contributed by atoms with van der Waals surface area (Å²) in [6, 6.07) is 0. The maximum atomic E-state index is 9.25. The van der Waals surface area contributed by atoms with E-state index in [0.717, 1.165) is 32.1 Å². The zero-order valence-corrected chi connectivity index (χ0v) is 6.55. The van der Waals surface area contributed by atoms with E-state index in [9.17, 15) is 5.11 Å². The van der Waals surface area contributed by atoms with Crippen LogP contribution in [-0.4, -0.2) is 24.4 Å². The number of rotatable bonds is 1. The second-order valence-electron chi connectivity index (χ2n) is 3.02. The van der Waals surface area contributed by atoms with Gasteiger partial charge in [0, 0.05) is 7.11 Å². The quantitative estimate of drug-likeness (QED) is 0.562. The van der Waals surface area contributed by atoms with Gasteiger partial charge in [0.25, 0.3) is 0 Å². The molecule has 10 heavy (non-hydrogen) atoms. The topological polar surface area (TPSA) is 29.5 Å². The average molecular weight is 144 g/mol. The first-order valence-corrected chi connectivity index (χ1v) is 4.04. The van der Waals surface area contributed by atoms with Crippen LogP contribution < -0.4 is 0 Å². The molecule has 2 nitrogen and oxygen atoms in total. The lowest BCUT2D eigenvalue weighted by atomic mass is 10.1. The SMILES string of the molecule is COC1CCCC(O)CC1. The van der Waals surface area contributed by atoms with Gasteiger partial charge in [-0.25, -0.2) is 0 Å². The molecule has 0 amide bonds. The highest BCUT2D eigenvalue weighted by Gasteiger charge is 2.15. The van der Waals surface area contributed by atoms with Crippen LogP contribution in [0.2, 0.25) is 0 Å². The number of hydrogen-bond donors (Lipinski definition) is 1. The van der Waals surface area contributed by atoms with E-state index in [0.29, 0.717) is 6.10 Å². The Balaban J connectivity index is 2.26. The van der Waals surface area contributed by atoms with Gasteiger partial charge in [0.2, 0.25) is 0 Å². The monoisotopic (exact) mass is 144 g/mol. The van der Waals surface area contributed by atoms with Crippen LogP contribution in [0.3, 0.4) is 0 Å². The Morgan fingerprint density at radius 3 is 2.70 bits per heavy atom. The minimum absolute atomic E-state index is 0.0693. The number of aliphatic hydroxyl groups is 1. The molecule has 0 aromatic heterocycles. The molecule has 1 aliphatic rings. The number of aliphatic hydroxyl groups excluding tert-OH is 1. The summed E-state index contributed by atoms with van der Waals surface area (Å²) in [7, 11) is 1.75. The van der Waals surface area contributed by atoms with Gasteiger partial charge >= 0.3 is 0 Å². The van der Waals surface area contributed by atoms with Crippen molar-refractivity contribution < 1.29 is 9.84 Å². The molecule has 0 heterocycles. The molecular weight excluding hydrogens is 128 g/mol. The van der Waals surface area contributed by atoms with Crippen LogP contribution in [0.25, 0.3) is 0 Å². The molecule has 1 N–H and O–H groups in total. The van der Waals surface area contributed by atoms with E-state index in [-0.39, 0.29) is 6.10 Å². The third-order valence-corrected chi connectivity index (χ3v) is 2.22. The van der Waals surface area contributed by atoms with Crippen LogP contribution in [0, 0.1) is 0 Å². The predicted octanol–water partition coefficient (Wildman–Crippen LogP) is 1.33. The molecule has 0 aromatic carbocycles. The number of methoxy groups -OCH3 is 1. The lowest BCUT2D eigenvalue weighted by Gasteiger charge is -2.10. The Bertz CT molecular complexity index is 93.3. The van der Waals surface area contributed by atoms with Gasteiger partial charge in [-0.3, -0.25) is 0 Å². The van der Waals surface area contributed by atoms with Crippen molar-refractivity contribution in [3.8, 4) is 0 Å². The molecule has 1 fully saturated rings. The van der Waals surface area contributed by atoms with Crippen molar-refractivity contribution in [3.63, 3.8) is 0 Å². The third-order valence-electron chi connectivity index (χ3n) is 2.22. The molecule has 0 saturated heterocycles. The minimum Gasteiger partial charge on any atom is -0.393 e. The Hall–Kier alpha value is -0.0800. The Morgan fingerprint density at radius 2 is 2.00 bits per heavy atom. The van der Waals surface area contributed by atoms with E-state index >= 15 is 0 Å². The van der Waals surface area contributed by atoms with Gasteiger partial charge in [-0.15, -0.1) is 0 Å². The predicted molar refractivity (Wildman–Crippen MR) is 39.9 cm³/mol. The van der Waals surface area contributed by atoms with E-state index in [4.69, 9.17) is 4.74 Å². The second kappa shape index (κ2) is 3.94. The molecule has 0 bridgehead atoms. The standard InChI is InChI=1S/C8H16O2/c1-10-8-4-2-3-7(9)5-6-8/h7-9H,2-6H2,1H3. The summed E-state index contributed by atoms with van der Waals surface area (Å²) in [6.07, 6.45) is 5.46. The molecule has 1 aliphatic carbocycles. The van der Waals surface area contributed by atoms with Gasteiger partial charge in [-0.05, 0) is 32.1 Å². The van der Waals surface area contributed by atoms with Gasteiger partial charge in [0.1, 0.15) is 0 Å². The molecular formula is C8H16O2. The fraction of sp³-hybridized carbons (Fsp3) is 1.00. The lowest BCUT2D eigenvalue weighted by molar-refractivity contribution is 0.0838. The van der Waals surface area contributed by atoms with Crippen molar-refractivity contribution in [2.45, 2.75) is 44.3 Å². The summed E-state index contributed by atoms with van der Waals surface area (Å²) < 4.78 is 5.21. The van der Waals surface area contributed by atoms with Gasteiger partial charge in [0.05, 0.1) is 12.2 Å². The van der Waals surface area contributed by atoms with E-state index in [2.05, 4.69) is 0 Å². The molecule has 1 rings (SSSR count). The Morgan fingerprint density at radius 1 is 1.20 bits per heavy atom. The van der Waals surface area contributed by atoms with Crippen molar-refractivity contribution in [2.75, 3.05) is 7.11 Å². The molecule has 1 saturated carbocycles. The summed E-state index contributed by atoms with van der Waals surface area (Å²) in [5, 5.41) is 9.25. The number of ether oxygens (including phenoxy) is 1. The molecule has 60 valence electrons. The first kappa shape index (κ1) is 8.02. The van der Waals surface area contributed by atoms with Crippen molar-refractivity contribution >= 4 is 0 Å². The molecule has 0 spiro atoms. The van der Waals surface area contributed by atoms with Crippen LogP contribution in [0.15, 0.2) is 0 Å². The normalized spacial score (nSPS) is 35.4. The van der Waals surface area contributed by atoms with Gasteiger partial charge < -0.3 is 9.84 Å². The lowest BCUT2D eigenvalue weighted by Crippen LogP contribution is -2.09. The fourth-order valence-electron chi connectivity index (χ4n) is 1.48. The molecule has 0 radical (unpaired) electrons. The second-order valence-corrected chi connectivity index (χ2v) is 3.02. The van der Waals surface area contributed by atoms with E-state index in [1.807, 2.05) is 0 Å². The summed E-state index contributed by atoms with van der Waals surface area (Å²) in [5.41, 5.74) is 0. The highest BCUT2D eigenvalue weighted by molar-refractivity contribution is 4.68. The molecule has 0 aromatic rings. The number of hydrogen-bond acceptors (Lipinski definition) is 2. The van der Waals surface area contributed by atoms with E-state index in [1.165, 1.54) is 0 Å². The summed E-state index contributed by atoms with van der Waals surface area (Å²) in [4.78, 5) is 0. The Labute approximate surface area is 62.2 Å². The molecule has 2 unspecified atom stereocenters. The van der Waals surface area contributed by atoms with Crippen LogP contribution in [0.1, 0.15) is 32.1 Å².